The summed E-state index contributed by atoms with van der Waals surface area (Å²) in [6.07, 6.45) is -11.9. The highest BCUT2D eigenvalue weighted by Gasteiger charge is 2.50. The van der Waals surface area contributed by atoms with E-state index in [9.17, 15) is 40.5 Å². The van der Waals surface area contributed by atoms with Crippen molar-refractivity contribution in [1.82, 2.24) is 0 Å². The number of esters is 1. The molecule has 0 saturated carbocycles. The molecule has 254 valence electrons. The van der Waals surface area contributed by atoms with Gasteiger partial charge in [0.15, 0.2) is 35.6 Å². The fourth-order valence-corrected chi connectivity index (χ4v) is 4.96. The highest BCUT2D eigenvalue weighted by atomic mass is 16.7. The number of phenolic OH excluding ortho intramolecular Hbond substituents is 2. The molecule has 7 N–H and O–H groups in total. The van der Waals surface area contributed by atoms with Crippen LogP contribution in [0.5, 0.6) is 23.0 Å². The molecule has 0 amide bonds. The van der Waals surface area contributed by atoms with Gasteiger partial charge in [0, 0.05) is 6.08 Å². The van der Waals surface area contributed by atoms with Crippen molar-refractivity contribution in [3.63, 3.8) is 0 Å². The van der Waals surface area contributed by atoms with Crippen LogP contribution in [0.15, 0.2) is 42.5 Å². The van der Waals surface area contributed by atoms with E-state index in [1.54, 1.807) is 18.2 Å². The standard InChI is InChI=1S/C31H40O15/c1-15-24(35)26(37)27(38)31(44-15)46-29-25(36)22(14-43-23(34)9-6-16-4-7-18(32)20(12-16)40-2)45-30(28(29)39)42-11-10-17-5-8-19(33)21(13-17)41-3/h4-9,12-13,15,22,24-33,35-39H,10-11,14H2,1-3H3/b9-6+/t15?,22?,24?,25-,26?,27?,28?,29+,30-,31?/m1/s1. The lowest BCUT2D eigenvalue weighted by atomic mass is 9.97. The molecule has 2 aliphatic rings. The van der Waals surface area contributed by atoms with Crippen molar-refractivity contribution >= 4 is 12.0 Å². The number of hydrogen-bond acceptors (Lipinski definition) is 15. The van der Waals surface area contributed by atoms with Gasteiger partial charge < -0.3 is 68.9 Å². The van der Waals surface area contributed by atoms with Gasteiger partial charge in [0.05, 0.1) is 26.9 Å². The first-order valence-electron chi connectivity index (χ1n) is 14.5. The molecule has 0 bridgehead atoms. The summed E-state index contributed by atoms with van der Waals surface area (Å²) in [5, 5.41) is 72.5. The summed E-state index contributed by atoms with van der Waals surface area (Å²) in [7, 11) is 2.79. The fraction of sp³-hybridized carbons (Fsp3) is 0.516. The van der Waals surface area contributed by atoms with Gasteiger partial charge in [-0.05, 0) is 54.8 Å². The van der Waals surface area contributed by atoms with Crippen LogP contribution in [0.4, 0.5) is 0 Å². The van der Waals surface area contributed by atoms with Gasteiger partial charge >= 0.3 is 5.97 Å². The molecule has 2 aromatic carbocycles. The Morgan fingerprint density at radius 1 is 0.826 bits per heavy atom. The van der Waals surface area contributed by atoms with E-state index >= 15 is 0 Å². The third-order valence-corrected chi connectivity index (χ3v) is 7.66. The molecule has 7 unspecified atom stereocenters. The molecule has 2 heterocycles. The number of hydrogen-bond donors (Lipinski definition) is 7. The van der Waals surface area contributed by atoms with E-state index in [4.69, 9.17) is 33.2 Å². The zero-order valence-electron chi connectivity index (χ0n) is 25.4. The van der Waals surface area contributed by atoms with Crippen LogP contribution in [0.25, 0.3) is 6.08 Å². The summed E-state index contributed by atoms with van der Waals surface area (Å²) in [5.74, 6) is -0.451. The lowest BCUT2D eigenvalue weighted by Gasteiger charge is -2.45. The number of rotatable bonds is 12. The molecule has 15 heteroatoms. The van der Waals surface area contributed by atoms with Crippen LogP contribution < -0.4 is 9.47 Å². The van der Waals surface area contributed by atoms with Gasteiger partial charge in [-0.3, -0.25) is 0 Å². The van der Waals surface area contributed by atoms with Crippen molar-refractivity contribution in [3.05, 3.63) is 53.6 Å². The highest BCUT2D eigenvalue weighted by Crippen LogP contribution is 2.31. The lowest BCUT2D eigenvalue weighted by molar-refractivity contribution is -0.357. The van der Waals surface area contributed by atoms with E-state index in [0.717, 1.165) is 11.6 Å². The number of phenols is 2. The summed E-state index contributed by atoms with van der Waals surface area (Å²) in [6.45, 7) is 0.937. The molecule has 2 saturated heterocycles. The van der Waals surface area contributed by atoms with Crippen LogP contribution in [0.2, 0.25) is 0 Å². The number of aliphatic hydroxyl groups is 5. The fourth-order valence-electron chi connectivity index (χ4n) is 4.96. The largest absolute Gasteiger partial charge is 0.504 e. The Hall–Kier alpha value is -3.51. The predicted octanol–water partition coefficient (Wildman–Crippen LogP) is -0.410. The van der Waals surface area contributed by atoms with Crippen LogP contribution in [-0.4, -0.2) is 131 Å². The molecule has 0 aromatic heterocycles. The number of carbonyl (C=O) groups is 1. The Bertz CT molecular complexity index is 1340. The van der Waals surface area contributed by atoms with E-state index in [1.165, 1.54) is 45.4 Å². The quantitative estimate of drug-likeness (QED) is 0.114. The molecule has 0 aliphatic carbocycles. The summed E-state index contributed by atoms with van der Waals surface area (Å²) >= 11 is 0. The first-order chi connectivity index (χ1) is 21.9. The molecule has 10 atom stereocenters. The van der Waals surface area contributed by atoms with Gasteiger partial charge in [-0.25, -0.2) is 4.79 Å². The smallest absolute Gasteiger partial charge is 0.330 e. The second-order valence-corrected chi connectivity index (χ2v) is 10.8. The number of aliphatic hydroxyl groups excluding tert-OH is 5. The maximum atomic E-state index is 12.5. The van der Waals surface area contributed by atoms with E-state index in [2.05, 4.69) is 0 Å². The number of ether oxygens (including phenoxy) is 7. The minimum atomic E-state index is -1.72. The van der Waals surface area contributed by atoms with Gasteiger partial charge in [-0.15, -0.1) is 0 Å². The third-order valence-electron chi connectivity index (χ3n) is 7.66. The van der Waals surface area contributed by atoms with Crippen LogP contribution in [0.3, 0.4) is 0 Å². The van der Waals surface area contributed by atoms with Crippen LogP contribution in [0, 0.1) is 0 Å². The normalized spacial score (nSPS) is 31.5. The monoisotopic (exact) mass is 652 g/mol. The van der Waals surface area contributed by atoms with Gasteiger partial charge in [-0.1, -0.05) is 12.1 Å². The molecule has 0 spiro atoms. The summed E-state index contributed by atoms with van der Waals surface area (Å²) in [4.78, 5) is 12.5. The maximum absolute atomic E-state index is 12.5. The van der Waals surface area contributed by atoms with Crippen LogP contribution in [-0.2, 0) is 34.9 Å². The van der Waals surface area contributed by atoms with Gasteiger partial charge in [0.2, 0.25) is 0 Å². The Kier molecular flexibility index (Phi) is 12.2. The SMILES string of the molecule is COc1cc(/C=C/C(=O)OCC2O[C@@H](OCCc3ccc(O)c(OC)c3)C(O)[C@@H](OC3OC(C)C(O)C(O)C3O)[C@@H]2O)ccc1O. The van der Waals surface area contributed by atoms with Crippen molar-refractivity contribution in [2.24, 2.45) is 0 Å². The second kappa shape index (κ2) is 15.9. The number of aromatic hydroxyl groups is 2. The molecule has 46 heavy (non-hydrogen) atoms. The Morgan fingerprint density at radius 3 is 2.20 bits per heavy atom. The molecule has 2 aromatic rings. The number of benzene rings is 2. The van der Waals surface area contributed by atoms with E-state index < -0.39 is 74.0 Å². The number of methoxy groups -OCH3 is 2. The first kappa shape index (κ1) is 35.3. The van der Waals surface area contributed by atoms with E-state index in [1.807, 2.05) is 0 Å². The molecule has 2 fully saturated rings. The van der Waals surface area contributed by atoms with Crippen molar-refractivity contribution < 1.29 is 73.7 Å². The van der Waals surface area contributed by atoms with Crippen molar-refractivity contribution in [1.29, 1.82) is 0 Å². The molecular formula is C31H40O15. The Balaban J connectivity index is 1.45. The molecule has 15 nitrogen and oxygen atoms in total. The minimum Gasteiger partial charge on any atom is -0.504 e. The number of carbonyl (C=O) groups excluding carboxylic acids is 1. The average Bonchev–Trinajstić information content (AvgIpc) is 3.05. The van der Waals surface area contributed by atoms with Gasteiger partial charge in [0.25, 0.3) is 0 Å². The van der Waals surface area contributed by atoms with Gasteiger partial charge in [0.1, 0.15) is 49.3 Å². The average molecular weight is 653 g/mol. The topological polar surface area (TPSA) is 223 Å². The lowest BCUT2D eigenvalue weighted by Crippen LogP contribution is -2.64. The Morgan fingerprint density at radius 2 is 1.50 bits per heavy atom. The van der Waals surface area contributed by atoms with Crippen molar-refractivity contribution in [2.75, 3.05) is 27.4 Å². The zero-order valence-corrected chi connectivity index (χ0v) is 25.4. The molecular weight excluding hydrogens is 612 g/mol. The predicted molar refractivity (Wildman–Crippen MR) is 157 cm³/mol. The third kappa shape index (κ3) is 8.44. The molecule has 4 rings (SSSR count). The minimum absolute atomic E-state index is 0.00565. The maximum Gasteiger partial charge on any atom is 0.330 e. The summed E-state index contributed by atoms with van der Waals surface area (Å²) in [5.41, 5.74) is 1.26. The molecule has 0 radical (unpaired) electrons. The zero-order chi connectivity index (χ0) is 33.5. The summed E-state index contributed by atoms with van der Waals surface area (Å²) < 4.78 is 38.2. The second-order valence-electron chi connectivity index (χ2n) is 10.8. The van der Waals surface area contributed by atoms with Gasteiger partial charge in [-0.2, -0.15) is 0 Å². The van der Waals surface area contributed by atoms with Crippen LogP contribution >= 0.6 is 0 Å². The van der Waals surface area contributed by atoms with Crippen molar-refractivity contribution in [2.45, 2.75) is 74.8 Å². The van der Waals surface area contributed by atoms with E-state index in [-0.39, 0.29) is 29.6 Å². The van der Waals surface area contributed by atoms with Crippen molar-refractivity contribution in [3.8, 4) is 23.0 Å². The van der Waals surface area contributed by atoms with Crippen LogP contribution in [0.1, 0.15) is 18.1 Å². The highest BCUT2D eigenvalue weighted by molar-refractivity contribution is 5.87. The molecule has 2 aliphatic heterocycles. The van der Waals surface area contributed by atoms with E-state index in [0.29, 0.717) is 12.0 Å². The first-order valence-corrected chi connectivity index (χ1v) is 14.5. The summed E-state index contributed by atoms with van der Waals surface area (Å²) in [6, 6.07) is 9.17. The Labute approximate surface area is 264 Å².